The second kappa shape index (κ2) is 8.43. The Balaban J connectivity index is 2.63. The summed E-state index contributed by atoms with van der Waals surface area (Å²) >= 11 is 1.81. The average Bonchev–Trinajstić information content (AvgIpc) is 2.33. The highest BCUT2D eigenvalue weighted by Gasteiger charge is 2.06. The minimum atomic E-state index is 0.785. The number of thioether (sulfide) groups is 1. The minimum Gasteiger partial charge on any atom is -0.492 e. The number of nitrogens with one attached hydrogen (secondary N) is 1. The molecular weight excluding hydrogens is 230 g/mol. The van der Waals surface area contributed by atoms with Gasteiger partial charge in [0.2, 0.25) is 0 Å². The van der Waals surface area contributed by atoms with E-state index in [-0.39, 0.29) is 0 Å². The molecule has 96 valence electrons. The van der Waals surface area contributed by atoms with Crippen LogP contribution >= 0.6 is 11.8 Å². The number of ether oxygens (including phenoxy) is 1. The van der Waals surface area contributed by atoms with Crippen LogP contribution in [0.1, 0.15) is 24.5 Å². The summed E-state index contributed by atoms with van der Waals surface area (Å²) < 4.78 is 5.88. The van der Waals surface area contributed by atoms with Crippen molar-refractivity contribution in [3.05, 3.63) is 29.3 Å². The van der Waals surface area contributed by atoms with Crippen LogP contribution in [0.5, 0.6) is 5.75 Å². The molecule has 0 saturated heterocycles. The molecule has 3 heteroatoms. The SMILES string of the molecule is CCCNCc1cccc(C)c1OCCSC. The largest absolute Gasteiger partial charge is 0.492 e. The van der Waals surface area contributed by atoms with Gasteiger partial charge in [-0.2, -0.15) is 11.8 Å². The van der Waals surface area contributed by atoms with Gasteiger partial charge in [0.05, 0.1) is 6.61 Å². The van der Waals surface area contributed by atoms with Gasteiger partial charge in [0.25, 0.3) is 0 Å². The zero-order valence-electron chi connectivity index (χ0n) is 11.1. The molecule has 0 fully saturated rings. The number of para-hydroxylation sites is 1. The van der Waals surface area contributed by atoms with Crippen LogP contribution in [0, 0.1) is 6.92 Å². The maximum atomic E-state index is 5.88. The van der Waals surface area contributed by atoms with Gasteiger partial charge < -0.3 is 10.1 Å². The van der Waals surface area contributed by atoms with E-state index in [1.54, 1.807) is 0 Å². The van der Waals surface area contributed by atoms with Crippen molar-refractivity contribution in [2.45, 2.75) is 26.8 Å². The molecule has 0 aromatic heterocycles. The van der Waals surface area contributed by atoms with Gasteiger partial charge in [0.1, 0.15) is 5.75 Å². The molecule has 0 aliphatic carbocycles. The van der Waals surface area contributed by atoms with E-state index in [9.17, 15) is 0 Å². The summed E-state index contributed by atoms with van der Waals surface area (Å²) in [6, 6.07) is 6.35. The van der Waals surface area contributed by atoms with E-state index >= 15 is 0 Å². The third kappa shape index (κ3) is 5.00. The predicted octanol–water partition coefficient (Wildman–Crippen LogP) is 3.24. The van der Waals surface area contributed by atoms with Gasteiger partial charge in [-0.1, -0.05) is 25.1 Å². The first kappa shape index (κ1) is 14.4. The van der Waals surface area contributed by atoms with Crippen LogP contribution in [0.15, 0.2) is 18.2 Å². The molecule has 0 amide bonds. The van der Waals surface area contributed by atoms with Crippen LogP contribution in [-0.2, 0) is 6.54 Å². The topological polar surface area (TPSA) is 21.3 Å². The van der Waals surface area contributed by atoms with E-state index in [1.807, 2.05) is 11.8 Å². The maximum absolute atomic E-state index is 5.88. The Bertz CT molecular complexity index is 328. The lowest BCUT2D eigenvalue weighted by atomic mass is 10.1. The number of rotatable bonds is 8. The average molecular weight is 253 g/mol. The van der Waals surface area contributed by atoms with Crippen molar-refractivity contribution in [2.24, 2.45) is 0 Å². The highest BCUT2D eigenvalue weighted by molar-refractivity contribution is 7.98. The molecule has 2 nitrogen and oxygen atoms in total. The fraction of sp³-hybridized carbons (Fsp3) is 0.571. The summed E-state index contributed by atoms with van der Waals surface area (Å²) in [5, 5.41) is 3.42. The first-order chi connectivity index (χ1) is 8.29. The second-order valence-corrected chi connectivity index (χ2v) is 5.07. The van der Waals surface area contributed by atoms with Crippen LogP contribution in [0.4, 0.5) is 0 Å². The Kier molecular flexibility index (Phi) is 7.13. The van der Waals surface area contributed by atoms with Crippen molar-refractivity contribution in [1.29, 1.82) is 0 Å². The molecule has 0 unspecified atom stereocenters. The van der Waals surface area contributed by atoms with Gasteiger partial charge in [0.15, 0.2) is 0 Å². The lowest BCUT2D eigenvalue weighted by Crippen LogP contribution is -2.15. The minimum absolute atomic E-state index is 0.785. The number of aryl methyl sites for hydroxylation is 1. The Morgan fingerprint density at radius 3 is 2.88 bits per heavy atom. The molecule has 0 aliphatic rings. The molecule has 1 aromatic carbocycles. The molecular formula is C14H23NOS. The smallest absolute Gasteiger partial charge is 0.126 e. The van der Waals surface area contributed by atoms with E-state index in [2.05, 4.69) is 43.6 Å². The van der Waals surface area contributed by atoms with E-state index in [0.717, 1.165) is 37.6 Å². The Morgan fingerprint density at radius 2 is 2.18 bits per heavy atom. The molecule has 0 bridgehead atoms. The quantitative estimate of drug-likeness (QED) is 0.719. The van der Waals surface area contributed by atoms with Crippen LogP contribution in [0.2, 0.25) is 0 Å². The molecule has 0 saturated carbocycles. The summed E-state index contributed by atoms with van der Waals surface area (Å²) in [7, 11) is 0. The molecule has 0 aliphatic heterocycles. The van der Waals surface area contributed by atoms with Crippen molar-refractivity contribution in [2.75, 3.05) is 25.2 Å². The molecule has 0 radical (unpaired) electrons. The third-order valence-corrected chi connectivity index (χ3v) is 3.14. The molecule has 0 heterocycles. The Hall–Kier alpha value is -0.670. The van der Waals surface area contributed by atoms with Gasteiger partial charge in [0, 0.05) is 17.9 Å². The van der Waals surface area contributed by atoms with Crippen LogP contribution in [0.3, 0.4) is 0 Å². The first-order valence-corrected chi connectivity index (χ1v) is 7.60. The summed E-state index contributed by atoms with van der Waals surface area (Å²) in [4.78, 5) is 0. The third-order valence-electron chi connectivity index (χ3n) is 2.57. The first-order valence-electron chi connectivity index (χ1n) is 6.20. The lowest BCUT2D eigenvalue weighted by molar-refractivity contribution is 0.337. The number of benzene rings is 1. The highest BCUT2D eigenvalue weighted by atomic mass is 32.2. The van der Waals surface area contributed by atoms with Gasteiger partial charge in [-0.25, -0.2) is 0 Å². The summed E-state index contributed by atoms with van der Waals surface area (Å²) in [5.41, 5.74) is 2.49. The molecule has 0 atom stereocenters. The normalized spacial score (nSPS) is 10.5. The maximum Gasteiger partial charge on any atom is 0.126 e. The molecule has 1 aromatic rings. The van der Waals surface area contributed by atoms with Gasteiger partial charge in [-0.3, -0.25) is 0 Å². The summed E-state index contributed by atoms with van der Waals surface area (Å²) in [6.45, 7) is 7.02. The molecule has 0 spiro atoms. The number of hydrogen-bond donors (Lipinski definition) is 1. The standard InChI is InChI=1S/C14H23NOS/c1-4-8-15-11-13-7-5-6-12(2)14(13)16-9-10-17-3/h5-7,15H,4,8-11H2,1-3H3. The molecule has 1 N–H and O–H groups in total. The summed E-state index contributed by atoms with van der Waals surface area (Å²) in [6.07, 6.45) is 3.26. The monoisotopic (exact) mass is 253 g/mol. The van der Waals surface area contributed by atoms with Crippen molar-refractivity contribution < 1.29 is 4.74 Å². The molecule has 1 rings (SSSR count). The van der Waals surface area contributed by atoms with E-state index < -0.39 is 0 Å². The highest BCUT2D eigenvalue weighted by Crippen LogP contribution is 2.23. The van der Waals surface area contributed by atoms with E-state index in [4.69, 9.17) is 4.74 Å². The Morgan fingerprint density at radius 1 is 1.35 bits per heavy atom. The van der Waals surface area contributed by atoms with Crippen molar-refractivity contribution in [3.63, 3.8) is 0 Å². The zero-order valence-corrected chi connectivity index (χ0v) is 11.9. The van der Waals surface area contributed by atoms with Gasteiger partial charge in [-0.05, 0) is 31.7 Å². The van der Waals surface area contributed by atoms with Crippen molar-refractivity contribution in [1.82, 2.24) is 5.32 Å². The van der Waals surface area contributed by atoms with Crippen LogP contribution in [-0.4, -0.2) is 25.2 Å². The van der Waals surface area contributed by atoms with Crippen LogP contribution < -0.4 is 10.1 Å². The van der Waals surface area contributed by atoms with Crippen LogP contribution in [0.25, 0.3) is 0 Å². The van der Waals surface area contributed by atoms with Crippen molar-refractivity contribution >= 4 is 11.8 Å². The van der Waals surface area contributed by atoms with Crippen molar-refractivity contribution in [3.8, 4) is 5.75 Å². The van der Waals surface area contributed by atoms with E-state index in [0.29, 0.717) is 0 Å². The van der Waals surface area contributed by atoms with Gasteiger partial charge >= 0.3 is 0 Å². The summed E-state index contributed by atoms with van der Waals surface area (Å²) in [5.74, 6) is 2.10. The second-order valence-electron chi connectivity index (χ2n) is 4.08. The van der Waals surface area contributed by atoms with E-state index in [1.165, 1.54) is 11.1 Å². The fourth-order valence-electron chi connectivity index (χ4n) is 1.69. The fourth-order valence-corrected chi connectivity index (χ4v) is 1.94. The lowest BCUT2D eigenvalue weighted by Gasteiger charge is -2.14. The predicted molar refractivity (Wildman–Crippen MR) is 77.1 cm³/mol. The molecule has 17 heavy (non-hydrogen) atoms. The van der Waals surface area contributed by atoms with Gasteiger partial charge in [-0.15, -0.1) is 0 Å². The Labute approximate surface area is 109 Å². The number of hydrogen-bond acceptors (Lipinski definition) is 3. The zero-order chi connectivity index (χ0) is 12.5.